The topological polar surface area (TPSA) is 89.9 Å². The van der Waals surface area contributed by atoms with E-state index in [9.17, 15) is 4.79 Å². The van der Waals surface area contributed by atoms with Crippen LogP contribution in [0.1, 0.15) is 34.3 Å². The van der Waals surface area contributed by atoms with Crippen molar-refractivity contribution in [1.29, 1.82) is 0 Å². The Balaban J connectivity index is 1.30. The van der Waals surface area contributed by atoms with E-state index >= 15 is 0 Å². The van der Waals surface area contributed by atoms with Gasteiger partial charge in [-0.25, -0.2) is 4.98 Å². The summed E-state index contributed by atoms with van der Waals surface area (Å²) in [5.41, 5.74) is 2.21. The van der Waals surface area contributed by atoms with Gasteiger partial charge in [0.2, 0.25) is 0 Å². The van der Waals surface area contributed by atoms with Crippen LogP contribution in [0.4, 0.5) is 0 Å². The largest absolute Gasteiger partial charge is 0.440 e. The summed E-state index contributed by atoms with van der Waals surface area (Å²) in [5.74, 6) is 0.913. The normalized spacial score (nSPS) is 15.4. The van der Waals surface area contributed by atoms with E-state index in [-0.39, 0.29) is 11.8 Å². The molecular weight excluding hydrogens is 400 g/mol. The van der Waals surface area contributed by atoms with E-state index < -0.39 is 0 Å². The summed E-state index contributed by atoms with van der Waals surface area (Å²) in [6, 6.07) is 7.29. The molecule has 4 aromatic rings. The van der Waals surface area contributed by atoms with Crippen LogP contribution in [0.25, 0.3) is 16.8 Å². The Hall–Kier alpha value is -2.78. The lowest BCUT2D eigenvalue weighted by molar-refractivity contribution is 0.0711. The van der Waals surface area contributed by atoms with Gasteiger partial charge in [0, 0.05) is 24.0 Å². The molecule has 0 radical (unpaired) electrons. The van der Waals surface area contributed by atoms with Gasteiger partial charge in [-0.2, -0.15) is 4.68 Å². The number of thiophene rings is 1. The molecular formula is C18H15ClN6O2S. The molecule has 3 aromatic heterocycles. The second kappa shape index (κ2) is 6.99. The van der Waals surface area contributed by atoms with Gasteiger partial charge in [0.15, 0.2) is 11.5 Å². The van der Waals surface area contributed by atoms with Crippen molar-refractivity contribution in [1.82, 2.24) is 30.1 Å². The second-order valence-corrected chi connectivity index (χ2v) is 7.97. The van der Waals surface area contributed by atoms with E-state index in [1.807, 2.05) is 22.4 Å². The molecule has 0 saturated carbocycles. The molecule has 1 aromatic carbocycles. The number of hydrogen-bond donors (Lipinski definition) is 0. The molecule has 0 N–H and O–H groups in total. The Bertz CT molecular complexity index is 1130. The number of amides is 1. The minimum absolute atomic E-state index is 0.00305. The fraction of sp³-hybridized carbons (Fsp3) is 0.278. The number of benzene rings is 1. The number of rotatable bonds is 3. The number of carbonyl (C=O) groups is 1. The molecule has 142 valence electrons. The molecule has 1 saturated heterocycles. The molecule has 0 atom stereocenters. The van der Waals surface area contributed by atoms with Gasteiger partial charge < -0.3 is 9.32 Å². The molecule has 1 aliphatic rings. The number of aromatic nitrogens is 5. The van der Waals surface area contributed by atoms with Gasteiger partial charge in [0.1, 0.15) is 16.7 Å². The van der Waals surface area contributed by atoms with Gasteiger partial charge in [-0.3, -0.25) is 4.79 Å². The first-order valence-corrected chi connectivity index (χ1v) is 10.1. The molecule has 1 amide bonds. The summed E-state index contributed by atoms with van der Waals surface area (Å²) in [4.78, 5) is 20.1. The van der Waals surface area contributed by atoms with Crippen molar-refractivity contribution in [2.24, 2.45) is 0 Å². The van der Waals surface area contributed by atoms with E-state index in [0.717, 1.165) is 29.8 Å². The van der Waals surface area contributed by atoms with Gasteiger partial charge in [0.05, 0.1) is 5.69 Å². The smallest absolute Gasteiger partial charge is 0.266 e. The summed E-state index contributed by atoms with van der Waals surface area (Å²) in [6.45, 7) is 1.30. The van der Waals surface area contributed by atoms with Gasteiger partial charge in [-0.05, 0) is 52.9 Å². The van der Waals surface area contributed by atoms with Gasteiger partial charge in [-0.15, -0.1) is 16.4 Å². The summed E-state index contributed by atoms with van der Waals surface area (Å²) >= 11 is 7.43. The maximum Gasteiger partial charge on any atom is 0.266 e. The maximum atomic E-state index is 13.0. The number of nitrogens with zero attached hydrogens (tertiary/aromatic N) is 6. The highest BCUT2D eigenvalue weighted by Gasteiger charge is 2.29. The third kappa shape index (κ3) is 3.06. The highest BCUT2D eigenvalue weighted by atomic mass is 35.5. The van der Waals surface area contributed by atoms with Crippen molar-refractivity contribution < 1.29 is 9.21 Å². The lowest BCUT2D eigenvalue weighted by atomic mass is 9.96. The maximum absolute atomic E-state index is 13.0. The number of piperidine rings is 1. The van der Waals surface area contributed by atoms with Gasteiger partial charge >= 0.3 is 0 Å². The van der Waals surface area contributed by atoms with Crippen LogP contribution in [-0.4, -0.2) is 49.1 Å². The zero-order chi connectivity index (χ0) is 19.1. The number of halogens is 1. The molecule has 8 nitrogen and oxygen atoms in total. The van der Waals surface area contributed by atoms with E-state index in [2.05, 4.69) is 20.5 Å². The van der Waals surface area contributed by atoms with Crippen molar-refractivity contribution >= 4 is 39.9 Å². The van der Waals surface area contributed by atoms with Crippen molar-refractivity contribution in [2.75, 3.05) is 13.1 Å². The minimum atomic E-state index is 0.00305. The van der Waals surface area contributed by atoms with Crippen LogP contribution in [0.3, 0.4) is 0 Å². The van der Waals surface area contributed by atoms with Crippen LogP contribution >= 0.6 is 22.9 Å². The van der Waals surface area contributed by atoms with E-state index in [4.69, 9.17) is 16.0 Å². The average molecular weight is 415 g/mol. The summed E-state index contributed by atoms with van der Waals surface area (Å²) < 4.78 is 7.42. The first-order chi connectivity index (χ1) is 13.7. The molecule has 0 unspecified atom stereocenters. The predicted octanol–water partition coefficient (Wildman–Crippen LogP) is 3.54. The SMILES string of the molecule is O=C(c1sccc1-n1cnnn1)N1CCC(c2nc3cc(Cl)ccc3o2)CC1. The first-order valence-electron chi connectivity index (χ1n) is 8.85. The molecule has 1 fully saturated rings. The monoisotopic (exact) mass is 414 g/mol. The molecule has 4 heterocycles. The van der Waals surface area contributed by atoms with Crippen molar-refractivity contribution in [2.45, 2.75) is 18.8 Å². The van der Waals surface area contributed by atoms with Crippen LogP contribution in [0, 0.1) is 0 Å². The third-order valence-corrected chi connectivity index (χ3v) is 6.06. The predicted molar refractivity (Wildman–Crippen MR) is 104 cm³/mol. The van der Waals surface area contributed by atoms with Crippen molar-refractivity contribution in [3.63, 3.8) is 0 Å². The van der Waals surface area contributed by atoms with Gasteiger partial charge in [0.25, 0.3) is 5.91 Å². The standard InChI is InChI=1S/C18H15ClN6O2S/c19-12-1-2-15-13(9-12)21-17(27-15)11-3-6-24(7-4-11)18(26)16-14(5-8-28-16)25-10-20-22-23-25/h1-2,5,8-11H,3-4,6-7H2. The van der Waals surface area contributed by atoms with Crippen molar-refractivity contribution in [3.8, 4) is 5.69 Å². The molecule has 0 spiro atoms. The third-order valence-electron chi connectivity index (χ3n) is 4.93. The summed E-state index contributed by atoms with van der Waals surface area (Å²) in [6.07, 6.45) is 3.10. The highest BCUT2D eigenvalue weighted by Crippen LogP contribution is 2.32. The second-order valence-electron chi connectivity index (χ2n) is 6.62. The number of carbonyl (C=O) groups excluding carboxylic acids is 1. The van der Waals surface area contributed by atoms with E-state index in [1.54, 1.807) is 12.1 Å². The molecule has 1 aliphatic heterocycles. The minimum Gasteiger partial charge on any atom is -0.440 e. The Kier molecular flexibility index (Phi) is 4.33. The van der Waals surface area contributed by atoms with Crippen LogP contribution in [0.2, 0.25) is 5.02 Å². The number of hydrogen-bond acceptors (Lipinski definition) is 7. The number of fused-ring (bicyclic) bond motifs is 1. The van der Waals surface area contributed by atoms with Crippen LogP contribution in [-0.2, 0) is 0 Å². The first kappa shape index (κ1) is 17.3. The van der Waals surface area contributed by atoms with Crippen molar-refractivity contribution in [3.05, 3.63) is 51.8 Å². The fourth-order valence-corrected chi connectivity index (χ4v) is 4.49. The van der Waals surface area contributed by atoms with Crippen LogP contribution in [0.15, 0.2) is 40.4 Å². The quantitative estimate of drug-likeness (QED) is 0.509. The van der Waals surface area contributed by atoms with E-state index in [0.29, 0.717) is 28.7 Å². The van der Waals surface area contributed by atoms with E-state index in [1.165, 1.54) is 22.3 Å². The molecule has 28 heavy (non-hydrogen) atoms. The van der Waals surface area contributed by atoms with Gasteiger partial charge in [-0.1, -0.05) is 11.6 Å². The zero-order valence-electron chi connectivity index (χ0n) is 14.7. The fourth-order valence-electron chi connectivity index (χ4n) is 3.48. The Morgan fingerprint density at radius 1 is 1.25 bits per heavy atom. The lowest BCUT2D eigenvalue weighted by Crippen LogP contribution is -2.38. The Morgan fingerprint density at radius 3 is 2.89 bits per heavy atom. The number of likely N-dealkylation sites (tertiary alicyclic amines) is 1. The number of oxazole rings is 1. The number of tetrazole rings is 1. The molecule has 5 rings (SSSR count). The molecule has 0 aliphatic carbocycles. The molecule has 0 bridgehead atoms. The lowest BCUT2D eigenvalue weighted by Gasteiger charge is -2.30. The van der Waals surface area contributed by atoms with Crippen LogP contribution < -0.4 is 0 Å². The van der Waals surface area contributed by atoms with Crippen LogP contribution in [0.5, 0.6) is 0 Å². The Morgan fingerprint density at radius 2 is 2.11 bits per heavy atom. The summed E-state index contributed by atoms with van der Waals surface area (Å²) in [7, 11) is 0. The Labute approximate surface area is 168 Å². The molecule has 10 heteroatoms. The highest BCUT2D eigenvalue weighted by molar-refractivity contribution is 7.12. The zero-order valence-corrected chi connectivity index (χ0v) is 16.2. The average Bonchev–Trinajstić information content (AvgIpc) is 3.46. The summed E-state index contributed by atoms with van der Waals surface area (Å²) in [5, 5.41) is 13.7.